The smallest absolute Gasteiger partial charge is 0.226 e. The molecule has 1 aromatic carbocycles. The first-order chi connectivity index (χ1) is 11.4. The lowest BCUT2D eigenvalue weighted by atomic mass is 10.1. The number of allylic oxidation sites excluding steroid dienone is 1. The van der Waals surface area contributed by atoms with E-state index in [4.69, 9.17) is 0 Å². The van der Waals surface area contributed by atoms with Crippen LogP contribution in [0.15, 0.2) is 52.5 Å². The van der Waals surface area contributed by atoms with Crippen LogP contribution in [-0.2, 0) is 21.2 Å². The van der Waals surface area contributed by atoms with Gasteiger partial charge in [-0.05, 0) is 17.7 Å². The minimum absolute atomic E-state index is 0.00141. The van der Waals surface area contributed by atoms with Gasteiger partial charge in [-0.3, -0.25) is 4.79 Å². The van der Waals surface area contributed by atoms with Gasteiger partial charge in [0.15, 0.2) is 9.84 Å². The third-order valence-electron chi connectivity index (χ3n) is 3.68. The molecule has 1 amide bonds. The lowest BCUT2D eigenvalue weighted by molar-refractivity contribution is -0.116. The molecule has 0 saturated carbocycles. The van der Waals surface area contributed by atoms with E-state index in [1.54, 1.807) is 23.0 Å². The fourth-order valence-electron chi connectivity index (χ4n) is 2.53. The molecule has 0 bridgehead atoms. The van der Waals surface area contributed by atoms with Gasteiger partial charge in [0.25, 0.3) is 0 Å². The van der Waals surface area contributed by atoms with Gasteiger partial charge in [-0.2, -0.15) is 5.10 Å². The summed E-state index contributed by atoms with van der Waals surface area (Å²) in [6.45, 7) is 0.535. The number of carbonyl (C=O) groups is 1. The van der Waals surface area contributed by atoms with Crippen molar-refractivity contribution >= 4 is 37.5 Å². The molecule has 2 aromatic rings. The number of nitrogens with zero attached hydrogens (tertiary/aromatic N) is 2. The van der Waals surface area contributed by atoms with Gasteiger partial charge in [-0.1, -0.05) is 34.1 Å². The van der Waals surface area contributed by atoms with Gasteiger partial charge in [0, 0.05) is 28.3 Å². The number of amides is 1. The Kier molecular flexibility index (Phi) is 4.86. The second-order valence-electron chi connectivity index (χ2n) is 5.67. The van der Waals surface area contributed by atoms with Crippen molar-refractivity contribution in [2.75, 3.05) is 11.1 Å². The molecule has 8 heteroatoms. The Morgan fingerprint density at radius 3 is 2.71 bits per heavy atom. The highest BCUT2D eigenvalue weighted by atomic mass is 79.9. The predicted octanol–water partition coefficient (Wildman–Crippen LogP) is 2.58. The Morgan fingerprint density at radius 2 is 2.04 bits per heavy atom. The van der Waals surface area contributed by atoms with Crippen molar-refractivity contribution in [2.24, 2.45) is 5.92 Å². The molecule has 0 radical (unpaired) electrons. The molecule has 0 fully saturated rings. The van der Waals surface area contributed by atoms with E-state index in [-0.39, 0.29) is 24.0 Å². The minimum Gasteiger partial charge on any atom is -0.311 e. The molecule has 2 heterocycles. The summed E-state index contributed by atoms with van der Waals surface area (Å²) >= 11 is 3.39. The van der Waals surface area contributed by atoms with Crippen molar-refractivity contribution in [3.63, 3.8) is 0 Å². The van der Waals surface area contributed by atoms with E-state index in [1.165, 1.54) is 5.41 Å². The summed E-state index contributed by atoms with van der Waals surface area (Å²) in [5.74, 6) is 0.100. The zero-order valence-corrected chi connectivity index (χ0v) is 15.1. The summed E-state index contributed by atoms with van der Waals surface area (Å²) in [6, 6.07) is 9.57. The van der Waals surface area contributed by atoms with E-state index in [1.807, 2.05) is 24.3 Å². The normalized spacial score (nSPS) is 18.6. The third kappa shape index (κ3) is 4.33. The highest BCUT2D eigenvalue weighted by molar-refractivity contribution is 9.10. The Balaban J connectivity index is 1.62. The van der Waals surface area contributed by atoms with Gasteiger partial charge < -0.3 is 5.32 Å². The molecule has 0 saturated heterocycles. The number of benzene rings is 1. The zero-order chi connectivity index (χ0) is 17.2. The monoisotopic (exact) mass is 409 g/mol. The maximum atomic E-state index is 12.1. The van der Waals surface area contributed by atoms with Crippen LogP contribution in [0.5, 0.6) is 0 Å². The minimum atomic E-state index is -3.14. The van der Waals surface area contributed by atoms with Gasteiger partial charge in [0.2, 0.25) is 5.91 Å². The van der Waals surface area contributed by atoms with Crippen LogP contribution < -0.4 is 5.32 Å². The summed E-state index contributed by atoms with van der Waals surface area (Å²) in [5.41, 5.74) is 1.06. The second kappa shape index (κ2) is 6.90. The summed E-state index contributed by atoms with van der Waals surface area (Å²) < 4.78 is 25.5. The molecule has 1 aromatic heterocycles. The van der Waals surface area contributed by atoms with Crippen molar-refractivity contribution in [3.05, 3.63) is 58.0 Å². The van der Waals surface area contributed by atoms with Crippen molar-refractivity contribution in [3.8, 4) is 0 Å². The number of aromatic nitrogens is 2. The van der Waals surface area contributed by atoms with Gasteiger partial charge in [0.05, 0.1) is 18.5 Å². The summed E-state index contributed by atoms with van der Waals surface area (Å²) in [5, 5.41) is 8.21. The lowest BCUT2D eigenvalue weighted by Gasteiger charge is -2.11. The van der Waals surface area contributed by atoms with Crippen LogP contribution >= 0.6 is 15.9 Å². The van der Waals surface area contributed by atoms with Crippen molar-refractivity contribution in [1.82, 2.24) is 9.78 Å². The van der Waals surface area contributed by atoms with Gasteiger partial charge in [-0.25, -0.2) is 13.1 Å². The van der Waals surface area contributed by atoms with Gasteiger partial charge in [0.1, 0.15) is 5.82 Å². The fraction of sp³-hybridized carbons (Fsp3) is 0.250. The van der Waals surface area contributed by atoms with E-state index >= 15 is 0 Å². The molecule has 126 valence electrons. The second-order valence-corrected chi connectivity index (χ2v) is 8.52. The third-order valence-corrected chi connectivity index (χ3v) is 5.67. The molecule has 24 heavy (non-hydrogen) atoms. The maximum absolute atomic E-state index is 12.1. The molecule has 0 spiro atoms. The SMILES string of the molecule is O=C(CC1C=CS(=O)(=O)C1)Nc1ccnn1Cc1ccc(Br)cc1. The number of rotatable bonds is 5. The van der Waals surface area contributed by atoms with Gasteiger partial charge >= 0.3 is 0 Å². The van der Waals surface area contributed by atoms with E-state index in [0.717, 1.165) is 10.0 Å². The molecule has 1 aliphatic heterocycles. The average Bonchev–Trinajstić information content (AvgIpc) is 3.08. The molecular weight excluding hydrogens is 394 g/mol. The molecule has 0 aliphatic carbocycles. The topological polar surface area (TPSA) is 81.1 Å². The molecule has 1 unspecified atom stereocenters. The molecule has 1 aliphatic rings. The Bertz CT molecular complexity index is 872. The van der Waals surface area contributed by atoms with Crippen molar-refractivity contribution in [2.45, 2.75) is 13.0 Å². The van der Waals surface area contributed by atoms with E-state index in [2.05, 4.69) is 26.3 Å². The number of carbonyl (C=O) groups excluding carboxylic acids is 1. The first-order valence-corrected chi connectivity index (χ1v) is 9.89. The number of sulfone groups is 1. The highest BCUT2D eigenvalue weighted by Crippen LogP contribution is 2.19. The molecule has 3 rings (SSSR count). The molecule has 1 N–H and O–H groups in total. The van der Waals surface area contributed by atoms with Crippen LogP contribution in [0, 0.1) is 5.92 Å². The van der Waals surface area contributed by atoms with E-state index < -0.39 is 9.84 Å². The zero-order valence-electron chi connectivity index (χ0n) is 12.7. The number of anilines is 1. The van der Waals surface area contributed by atoms with E-state index in [9.17, 15) is 13.2 Å². The summed E-state index contributed by atoms with van der Waals surface area (Å²) in [4.78, 5) is 12.1. The van der Waals surface area contributed by atoms with Crippen LogP contribution in [0.1, 0.15) is 12.0 Å². The number of halogens is 1. The first-order valence-electron chi connectivity index (χ1n) is 7.38. The largest absolute Gasteiger partial charge is 0.311 e. The quantitative estimate of drug-likeness (QED) is 0.822. The van der Waals surface area contributed by atoms with E-state index in [0.29, 0.717) is 12.4 Å². The Hall–Kier alpha value is -1.93. The highest BCUT2D eigenvalue weighted by Gasteiger charge is 2.24. The fourth-order valence-corrected chi connectivity index (χ4v) is 4.19. The van der Waals surface area contributed by atoms with Crippen molar-refractivity contribution < 1.29 is 13.2 Å². The molecular formula is C16H16BrN3O3S. The standard InChI is InChI=1S/C16H16BrN3O3S/c17-14-3-1-12(2-4-14)10-20-15(5-7-18-20)19-16(21)9-13-6-8-24(22,23)11-13/h1-8,13H,9-11H2,(H,19,21). The van der Waals surface area contributed by atoms with Crippen LogP contribution in [0.2, 0.25) is 0 Å². The molecule has 1 atom stereocenters. The first kappa shape index (κ1) is 16.9. The van der Waals surface area contributed by atoms with Crippen LogP contribution in [-0.4, -0.2) is 29.9 Å². The van der Waals surface area contributed by atoms with Crippen LogP contribution in [0.4, 0.5) is 5.82 Å². The van der Waals surface area contributed by atoms with Crippen molar-refractivity contribution in [1.29, 1.82) is 0 Å². The van der Waals surface area contributed by atoms with Crippen LogP contribution in [0.3, 0.4) is 0 Å². The predicted molar refractivity (Wildman–Crippen MR) is 95.1 cm³/mol. The van der Waals surface area contributed by atoms with Gasteiger partial charge in [-0.15, -0.1) is 0 Å². The van der Waals surface area contributed by atoms with Crippen LogP contribution in [0.25, 0.3) is 0 Å². The maximum Gasteiger partial charge on any atom is 0.226 e. The number of nitrogens with one attached hydrogen (secondary N) is 1. The summed E-state index contributed by atoms with van der Waals surface area (Å²) in [7, 11) is -3.14. The summed E-state index contributed by atoms with van der Waals surface area (Å²) in [6.07, 6.45) is 3.33. The Labute approximate surface area is 148 Å². The number of hydrogen-bond donors (Lipinski definition) is 1. The molecule has 6 nitrogen and oxygen atoms in total. The Morgan fingerprint density at radius 1 is 1.29 bits per heavy atom. The number of hydrogen-bond acceptors (Lipinski definition) is 4. The average molecular weight is 410 g/mol. The lowest BCUT2D eigenvalue weighted by Crippen LogP contribution is -2.20.